The highest BCUT2D eigenvalue weighted by Gasteiger charge is 2.18. The van der Waals surface area contributed by atoms with E-state index in [1.165, 1.54) is 6.21 Å². The predicted molar refractivity (Wildman–Crippen MR) is 97.4 cm³/mol. The van der Waals surface area contributed by atoms with Crippen molar-refractivity contribution in [3.05, 3.63) is 78.5 Å². The van der Waals surface area contributed by atoms with E-state index in [0.29, 0.717) is 11.4 Å². The number of H-pyrrole nitrogens is 2. The molecule has 3 N–H and O–H groups in total. The van der Waals surface area contributed by atoms with Crippen LogP contribution in [0.15, 0.2) is 72.2 Å². The average Bonchev–Trinajstić information content (AvgIpc) is 3.30. The number of rotatable bonds is 4. The van der Waals surface area contributed by atoms with Gasteiger partial charge in [0.15, 0.2) is 0 Å². The van der Waals surface area contributed by atoms with E-state index < -0.39 is 0 Å². The third-order valence-corrected chi connectivity index (χ3v) is 3.88. The highest BCUT2D eigenvalue weighted by molar-refractivity contribution is 6.09. The van der Waals surface area contributed by atoms with Crippen LogP contribution in [0.4, 0.5) is 0 Å². The quantitative estimate of drug-likeness (QED) is 0.396. The Morgan fingerprint density at radius 3 is 2.68 bits per heavy atom. The van der Waals surface area contributed by atoms with Gasteiger partial charge in [-0.25, -0.2) is 10.4 Å². The molecule has 2 aromatic carbocycles. The Morgan fingerprint density at radius 1 is 1.08 bits per heavy atom. The molecule has 122 valence electrons. The van der Waals surface area contributed by atoms with E-state index >= 15 is 0 Å². The molecule has 0 aliphatic heterocycles. The SMILES string of the molecule is O=C(N/N=C/c1cnc[nH]1)c1[nH]c2ccccc2c1-c1ccccc1. The average molecular weight is 329 g/mol. The van der Waals surface area contributed by atoms with Crippen molar-refractivity contribution >= 4 is 23.0 Å². The summed E-state index contributed by atoms with van der Waals surface area (Å²) in [7, 11) is 0. The number of imidazole rings is 1. The minimum Gasteiger partial charge on any atom is -0.350 e. The first-order chi connectivity index (χ1) is 12.3. The lowest BCUT2D eigenvalue weighted by Crippen LogP contribution is -2.18. The topological polar surface area (TPSA) is 85.9 Å². The van der Waals surface area contributed by atoms with Gasteiger partial charge in [-0.2, -0.15) is 5.10 Å². The largest absolute Gasteiger partial charge is 0.350 e. The van der Waals surface area contributed by atoms with Gasteiger partial charge in [-0.15, -0.1) is 0 Å². The highest BCUT2D eigenvalue weighted by Crippen LogP contribution is 2.32. The Balaban J connectivity index is 1.72. The van der Waals surface area contributed by atoms with E-state index in [2.05, 4.69) is 25.5 Å². The summed E-state index contributed by atoms with van der Waals surface area (Å²) < 4.78 is 0. The molecule has 0 radical (unpaired) electrons. The summed E-state index contributed by atoms with van der Waals surface area (Å²) in [5, 5.41) is 4.98. The van der Waals surface area contributed by atoms with E-state index in [1.54, 1.807) is 12.5 Å². The number of hydrogen-bond acceptors (Lipinski definition) is 3. The summed E-state index contributed by atoms with van der Waals surface area (Å²) >= 11 is 0. The molecule has 0 saturated carbocycles. The number of carbonyl (C=O) groups excluding carboxylic acids is 1. The number of hydrazone groups is 1. The molecule has 6 heteroatoms. The van der Waals surface area contributed by atoms with E-state index in [4.69, 9.17) is 0 Å². The molecular weight excluding hydrogens is 314 g/mol. The van der Waals surface area contributed by atoms with Crippen LogP contribution >= 0.6 is 0 Å². The number of aromatic nitrogens is 3. The van der Waals surface area contributed by atoms with Gasteiger partial charge in [0.25, 0.3) is 5.91 Å². The van der Waals surface area contributed by atoms with Crippen molar-refractivity contribution in [3.8, 4) is 11.1 Å². The Hall–Kier alpha value is -3.67. The molecule has 0 bridgehead atoms. The molecule has 2 heterocycles. The standard InChI is InChI=1S/C19H15N5O/c25-19(24-22-11-14-10-20-12-21-14)18-17(13-6-2-1-3-7-13)15-8-4-5-9-16(15)23-18/h1-12,23H,(H,20,21)(H,24,25)/b22-11+. The fourth-order valence-electron chi connectivity index (χ4n) is 2.77. The zero-order valence-corrected chi connectivity index (χ0v) is 13.2. The number of para-hydroxylation sites is 1. The molecule has 0 unspecified atom stereocenters. The number of amides is 1. The number of aromatic amines is 2. The van der Waals surface area contributed by atoms with E-state index in [0.717, 1.165) is 22.0 Å². The zero-order valence-electron chi connectivity index (χ0n) is 13.2. The minimum atomic E-state index is -0.300. The number of fused-ring (bicyclic) bond motifs is 1. The lowest BCUT2D eigenvalue weighted by molar-refractivity contribution is 0.0951. The first kappa shape index (κ1) is 14.9. The lowest BCUT2D eigenvalue weighted by atomic mass is 10.0. The van der Waals surface area contributed by atoms with Crippen molar-refractivity contribution in [2.45, 2.75) is 0 Å². The Bertz CT molecular complexity index is 1030. The van der Waals surface area contributed by atoms with Crippen molar-refractivity contribution in [2.75, 3.05) is 0 Å². The number of benzene rings is 2. The van der Waals surface area contributed by atoms with Crippen molar-refractivity contribution in [3.63, 3.8) is 0 Å². The molecular formula is C19H15N5O. The monoisotopic (exact) mass is 329 g/mol. The molecule has 2 aromatic heterocycles. The molecule has 0 spiro atoms. The normalized spacial score (nSPS) is 11.2. The van der Waals surface area contributed by atoms with Crippen molar-refractivity contribution < 1.29 is 4.79 Å². The molecule has 25 heavy (non-hydrogen) atoms. The fourth-order valence-corrected chi connectivity index (χ4v) is 2.77. The maximum Gasteiger partial charge on any atom is 0.288 e. The highest BCUT2D eigenvalue weighted by atomic mass is 16.2. The molecule has 0 atom stereocenters. The van der Waals surface area contributed by atoms with Crippen LogP contribution in [0.3, 0.4) is 0 Å². The van der Waals surface area contributed by atoms with Crippen LogP contribution in [0.5, 0.6) is 0 Å². The summed E-state index contributed by atoms with van der Waals surface area (Å²) in [6, 6.07) is 17.7. The maximum atomic E-state index is 12.7. The summed E-state index contributed by atoms with van der Waals surface area (Å²) in [5.74, 6) is -0.300. The molecule has 0 aliphatic rings. The first-order valence-electron chi connectivity index (χ1n) is 7.81. The summed E-state index contributed by atoms with van der Waals surface area (Å²) in [6.45, 7) is 0. The Labute approximate surface area is 143 Å². The molecule has 1 amide bonds. The number of nitrogens with zero attached hydrogens (tertiary/aromatic N) is 2. The van der Waals surface area contributed by atoms with Gasteiger partial charge >= 0.3 is 0 Å². The fraction of sp³-hybridized carbons (Fsp3) is 0. The second-order valence-electron chi connectivity index (χ2n) is 5.49. The van der Waals surface area contributed by atoms with Gasteiger partial charge in [0.2, 0.25) is 0 Å². The minimum absolute atomic E-state index is 0.300. The predicted octanol–water partition coefficient (Wildman–Crippen LogP) is 3.32. The molecule has 0 saturated heterocycles. The van der Waals surface area contributed by atoms with Crippen LogP contribution in [-0.2, 0) is 0 Å². The lowest BCUT2D eigenvalue weighted by Gasteiger charge is -2.04. The smallest absolute Gasteiger partial charge is 0.288 e. The summed E-state index contributed by atoms with van der Waals surface area (Å²) in [4.78, 5) is 22.6. The van der Waals surface area contributed by atoms with Crippen LogP contribution in [-0.4, -0.2) is 27.1 Å². The second-order valence-corrected chi connectivity index (χ2v) is 5.49. The molecule has 4 aromatic rings. The van der Waals surface area contributed by atoms with E-state index in [-0.39, 0.29) is 5.91 Å². The number of carbonyl (C=O) groups is 1. The van der Waals surface area contributed by atoms with Crippen molar-refractivity contribution in [1.29, 1.82) is 0 Å². The third kappa shape index (κ3) is 2.92. The van der Waals surface area contributed by atoms with Gasteiger partial charge in [-0.05, 0) is 11.6 Å². The van der Waals surface area contributed by atoms with E-state index in [9.17, 15) is 4.79 Å². The van der Waals surface area contributed by atoms with Crippen molar-refractivity contribution in [2.24, 2.45) is 5.10 Å². The van der Waals surface area contributed by atoms with Crippen LogP contribution in [0.2, 0.25) is 0 Å². The summed E-state index contributed by atoms with van der Waals surface area (Å²) in [5.41, 5.74) is 6.50. The maximum absolute atomic E-state index is 12.7. The van der Waals surface area contributed by atoms with Gasteiger partial charge in [-0.3, -0.25) is 4.79 Å². The Kier molecular flexibility index (Phi) is 3.84. The van der Waals surface area contributed by atoms with Gasteiger partial charge in [0.05, 0.1) is 24.4 Å². The van der Waals surface area contributed by atoms with Gasteiger partial charge < -0.3 is 9.97 Å². The number of nitrogens with one attached hydrogen (secondary N) is 3. The van der Waals surface area contributed by atoms with Crippen LogP contribution in [0.25, 0.3) is 22.0 Å². The molecule has 0 fully saturated rings. The van der Waals surface area contributed by atoms with Gasteiger partial charge in [-0.1, -0.05) is 48.5 Å². The molecule has 4 rings (SSSR count). The van der Waals surface area contributed by atoms with E-state index in [1.807, 2.05) is 54.6 Å². The van der Waals surface area contributed by atoms with Gasteiger partial charge in [0, 0.05) is 16.5 Å². The van der Waals surface area contributed by atoms with Crippen LogP contribution in [0.1, 0.15) is 16.2 Å². The summed E-state index contributed by atoms with van der Waals surface area (Å²) in [6.07, 6.45) is 4.68. The molecule has 6 nitrogen and oxygen atoms in total. The number of hydrogen-bond donors (Lipinski definition) is 3. The molecule has 0 aliphatic carbocycles. The van der Waals surface area contributed by atoms with Crippen LogP contribution < -0.4 is 5.43 Å². The zero-order chi connectivity index (χ0) is 17.1. The third-order valence-electron chi connectivity index (χ3n) is 3.88. The first-order valence-corrected chi connectivity index (χ1v) is 7.81. The van der Waals surface area contributed by atoms with Gasteiger partial charge in [0.1, 0.15) is 5.69 Å². The Morgan fingerprint density at radius 2 is 1.88 bits per heavy atom. The van der Waals surface area contributed by atoms with Crippen molar-refractivity contribution in [1.82, 2.24) is 20.4 Å². The second kappa shape index (κ2) is 6.45. The van der Waals surface area contributed by atoms with Crippen LogP contribution in [0, 0.1) is 0 Å².